The lowest BCUT2D eigenvalue weighted by Gasteiger charge is -2.09. The Morgan fingerprint density at radius 3 is 2.56 bits per heavy atom. The smallest absolute Gasteiger partial charge is 0.394 e. The highest BCUT2D eigenvalue weighted by Crippen LogP contribution is 2.11. The van der Waals surface area contributed by atoms with Crippen molar-refractivity contribution in [1.29, 1.82) is 0 Å². The summed E-state index contributed by atoms with van der Waals surface area (Å²) in [6, 6.07) is 0. The number of alkyl halides is 3. The van der Waals surface area contributed by atoms with Crippen molar-refractivity contribution < 1.29 is 27.8 Å². The molecule has 0 aromatic rings. The van der Waals surface area contributed by atoms with E-state index in [1.807, 2.05) is 0 Å². The van der Waals surface area contributed by atoms with Crippen LogP contribution in [0.15, 0.2) is 0 Å². The van der Waals surface area contributed by atoms with Gasteiger partial charge < -0.3 is 20.5 Å². The third kappa shape index (κ3) is 11.2. The van der Waals surface area contributed by atoms with Gasteiger partial charge in [-0.1, -0.05) is 0 Å². The fourth-order valence-corrected chi connectivity index (χ4v) is 0.774. The summed E-state index contributed by atoms with van der Waals surface area (Å²) in [6.07, 6.45) is -4.39. The van der Waals surface area contributed by atoms with Gasteiger partial charge in [-0.25, -0.2) is 0 Å². The fourth-order valence-electron chi connectivity index (χ4n) is 0.774. The molecule has 5 nitrogen and oxygen atoms in total. The molecule has 0 unspecified atom stereocenters. The van der Waals surface area contributed by atoms with Crippen molar-refractivity contribution in [3.8, 4) is 0 Å². The molecule has 0 fully saturated rings. The van der Waals surface area contributed by atoms with Crippen molar-refractivity contribution in [2.24, 2.45) is 0 Å². The molecule has 0 aliphatic rings. The third-order valence-corrected chi connectivity index (χ3v) is 1.43. The van der Waals surface area contributed by atoms with Crippen molar-refractivity contribution >= 4 is 5.91 Å². The van der Waals surface area contributed by atoms with Crippen molar-refractivity contribution in [2.75, 3.05) is 39.5 Å². The van der Waals surface area contributed by atoms with Crippen LogP contribution in [0.2, 0.25) is 0 Å². The summed E-state index contributed by atoms with van der Waals surface area (Å²) in [5, 5.41) is 12.7. The highest BCUT2D eigenvalue weighted by atomic mass is 19.4. The van der Waals surface area contributed by atoms with Gasteiger partial charge in [0.15, 0.2) is 0 Å². The number of hydrogen-bond acceptors (Lipinski definition) is 4. The minimum absolute atomic E-state index is 0.0912. The van der Waals surface area contributed by atoms with E-state index in [1.165, 1.54) is 0 Å². The number of hydrogen-bond donors (Lipinski definition) is 3. The zero-order valence-electron chi connectivity index (χ0n) is 8.64. The van der Waals surface area contributed by atoms with Gasteiger partial charge in [0.2, 0.25) is 5.91 Å². The van der Waals surface area contributed by atoms with Crippen LogP contribution in [0.25, 0.3) is 0 Å². The third-order valence-electron chi connectivity index (χ3n) is 1.43. The summed E-state index contributed by atoms with van der Waals surface area (Å²) in [4.78, 5) is 10.8. The Morgan fingerprint density at radius 2 is 2.00 bits per heavy atom. The molecule has 0 spiro atoms. The number of nitrogens with one attached hydrogen (secondary N) is 2. The average molecular weight is 244 g/mol. The topological polar surface area (TPSA) is 70.6 Å². The first-order valence-corrected chi connectivity index (χ1v) is 4.68. The first kappa shape index (κ1) is 15.1. The van der Waals surface area contributed by atoms with Crippen LogP contribution in [0.3, 0.4) is 0 Å². The highest BCUT2D eigenvalue weighted by molar-refractivity contribution is 5.77. The van der Waals surface area contributed by atoms with Gasteiger partial charge >= 0.3 is 6.18 Å². The number of rotatable bonds is 8. The highest BCUT2D eigenvalue weighted by Gasteiger charge is 2.27. The molecule has 8 heteroatoms. The molecular weight excluding hydrogens is 229 g/mol. The van der Waals surface area contributed by atoms with Crippen LogP contribution in [0.5, 0.6) is 0 Å². The van der Waals surface area contributed by atoms with Crippen molar-refractivity contribution in [3.05, 3.63) is 0 Å². The predicted octanol–water partition coefficient (Wildman–Crippen LogP) is -0.737. The molecule has 0 saturated carbocycles. The van der Waals surface area contributed by atoms with E-state index in [0.717, 1.165) is 0 Å². The van der Waals surface area contributed by atoms with Gasteiger partial charge in [0, 0.05) is 6.54 Å². The zero-order chi connectivity index (χ0) is 12.4. The maximum Gasteiger partial charge on any atom is 0.405 e. The standard InChI is InChI=1S/C8H15F3N2O3/c9-8(10,11)6-13-7(15)5-12-1-3-16-4-2-14/h12,14H,1-6H2,(H,13,15). The number of ether oxygens (including phenoxy) is 1. The molecule has 0 radical (unpaired) electrons. The number of aliphatic hydroxyl groups is 1. The van der Waals surface area contributed by atoms with Gasteiger partial charge in [0.05, 0.1) is 26.4 Å². The van der Waals surface area contributed by atoms with E-state index < -0.39 is 18.6 Å². The first-order valence-electron chi connectivity index (χ1n) is 4.68. The van der Waals surface area contributed by atoms with Crippen LogP contribution < -0.4 is 10.6 Å². The molecule has 0 aliphatic carbocycles. The molecule has 0 bridgehead atoms. The summed E-state index contributed by atoms with van der Waals surface area (Å²) in [5.41, 5.74) is 0. The van der Waals surface area contributed by atoms with Crippen LogP contribution >= 0.6 is 0 Å². The maximum atomic E-state index is 11.7. The zero-order valence-corrected chi connectivity index (χ0v) is 8.64. The van der Waals surface area contributed by atoms with E-state index in [0.29, 0.717) is 6.54 Å². The minimum Gasteiger partial charge on any atom is -0.394 e. The Hall–Kier alpha value is -0.860. The molecule has 0 heterocycles. The normalized spacial score (nSPS) is 11.5. The van der Waals surface area contributed by atoms with E-state index in [1.54, 1.807) is 5.32 Å². The van der Waals surface area contributed by atoms with Gasteiger partial charge in [-0.2, -0.15) is 13.2 Å². The number of carbonyl (C=O) groups excluding carboxylic acids is 1. The molecule has 0 atom stereocenters. The van der Waals surface area contributed by atoms with Crippen molar-refractivity contribution in [1.82, 2.24) is 10.6 Å². The Labute approximate surface area is 91.0 Å². The second-order valence-electron chi connectivity index (χ2n) is 2.90. The molecule has 96 valence electrons. The maximum absolute atomic E-state index is 11.7. The predicted molar refractivity (Wildman–Crippen MR) is 49.8 cm³/mol. The molecule has 0 aliphatic heterocycles. The van der Waals surface area contributed by atoms with E-state index in [4.69, 9.17) is 9.84 Å². The van der Waals surface area contributed by atoms with Gasteiger partial charge in [-0.05, 0) is 0 Å². The number of carbonyl (C=O) groups is 1. The Bertz CT molecular complexity index is 199. The summed E-state index contributed by atoms with van der Waals surface area (Å²) < 4.78 is 39.8. The number of amides is 1. The van der Waals surface area contributed by atoms with Gasteiger partial charge in [0.25, 0.3) is 0 Å². The van der Waals surface area contributed by atoms with E-state index in [2.05, 4.69) is 5.32 Å². The Balaban J connectivity index is 3.31. The quantitative estimate of drug-likeness (QED) is 0.492. The van der Waals surface area contributed by atoms with Gasteiger partial charge in [0.1, 0.15) is 6.54 Å². The molecule has 16 heavy (non-hydrogen) atoms. The molecule has 3 N–H and O–H groups in total. The molecular formula is C8H15F3N2O3. The lowest BCUT2D eigenvalue weighted by atomic mass is 10.5. The van der Waals surface area contributed by atoms with E-state index >= 15 is 0 Å². The molecule has 0 aromatic carbocycles. The molecule has 0 aromatic heterocycles. The second kappa shape index (κ2) is 8.31. The average Bonchev–Trinajstić information content (AvgIpc) is 2.19. The van der Waals surface area contributed by atoms with Gasteiger partial charge in [-0.15, -0.1) is 0 Å². The van der Waals surface area contributed by atoms with Crippen LogP contribution in [-0.4, -0.2) is 56.6 Å². The summed E-state index contributed by atoms with van der Waals surface area (Å²) in [5.74, 6) is -0.723. The van der Waals surface area contributed by atoms with E-state index in [9.17, 15) is 18.0 Å². The summed E-state index contributed by atoms with van der Waals surface area (Å²) in [7, 11) is 0. The second-order valence-corrected chi connectivity index (χ2v) is 2.90. The lowest BCUT2D eigenvalue weighted by Crippen LogP contribution is -2.39. The SMILES string of the molecule is O=C(CNCCOCCO)NCC(F)(F)F. The van der Waals surface area contributed by atoms with Crippen LogP contribution in [0, 0.1) is 0 Å². The number of aliphatic hydroxyl groups excluding tert-OH is 1. The molecule has 0 saturated heterocycles. The summed E-state index contributed by atoms with van der Waals surface area (Å²) >= 11 is 0. The monoisotopic (exact) mass is 244 g/mol. The molecule has 0 rings (SSSR count). The Morgan fingerprint density at radius 1 is 1.31 bits per heavy atom. The van der Waals surface area contributed by atoms with Gasteiger partial charge in [-0.3, -0.25) is 4.79 Å². The summed E-state index contributed by atoms with van der Waals surface area (Å²) in [6.45, 7) is -0.798. The minimum atomic E-state index is -4.39. The Kier molecular flexibility index (Phi) is 7.86. The largest absolute Gasteiger partial charge is 0.405 e. The number of halogens is 3. The first-order chi connectivity index (χ1) is 7.45. The van der Waals surface area contributed by atoms with Crippen molar-refractivity contribution in [3.63, 3.8) is 0 Å². The fraction of sp³-hybridized carbons (Fsp3) is 0.875. The van der Waals surface area contributed by atoms with E-state index in [-0.39, 0.29) is 26.4 Å². The van der Waals surface area contributed by atoms with Crippen molar-refractivity contribution in [2.45, 2.75) is 6.18 Å². The molecule has 1 amide bonds. The van der Waals surface area contributed by atoms with Crippen LogP contribution in [-0.2, 0) is 9.53 Å². The lowest BCUT2D eigenvalue weighted by molar-refractivity contribution is -0.137. The van der Waals surface area contributed by atoms with Crippen LogP contribution in [0.4, 0.5) is 13.2 Å². The van der Waals surface area contributed by atoms with Crippen LogP contribution in [0.1, 0.15) is 0 Å².